The molecule has 2 aromatic carbocycles. The Kier molecular flexibility index (Phi) is 14.6. The second-order valence-electron chi connectivity index (χ2n) is 12.7. The van der Waals surface area contributed by atoms with E-state index in [0.717, 1.165) is 36.8 Å². The van der Waals surface area contributed by atoms with Crippen LogP contribution in [0.2, 0.25) is 0 Å². The molecule has 1 saturated carbocycles. The molecule has 1 aliphatic carbocycles. The zero-order chi connectivity index (χ0) is 33.6. The zero-order valence-electron chi connectivity index (χ0n) is 27.5. The van der Waals surface area contributed by atoms with Gasteiger partial charge in [-0.2, -0.15) is 0 Å². The first-order valence-electron chi connectivity index (χ1n) is 16.5. The lowest BCUT2D eigenvalue weighted by atomic mass is 9.83. The van der Waals surface area contributed by atoms with Gasteiger partial charge in [-0.3, -0.25) is 14.1 Å². The molecule has 256 valence electrons. The SMILES string of the molecule is COP(=O)(N[C@@H](Cc1ccccc1)C(=O)N[C@@H](CC(C)C)C(=O)N[C@@H](CC1CCCCC1)[C@@H](O)c1nccs1)OCc1ccccc1. The number of aromatic nitrogens is 1. The molecule has 0 saturated heterocycles. The number of hydrogen-bond acceptors (Lipinski definition) is 8. The Morgan fingerprint density at radius 3 is 2.19 bits per heavy atom. The largest absolute Gasteiger partial charge is 0.406 e. The van der Waals surface area contributed by atoms with Gasteiger partial charge in [-0.05, 0) is 42.2 Å². The van der Waals surface area contributed by atoms with Crippen LogP contribution in [0.1, 0.15) is 81.0 Å². The molecule has 10 nitrogen and oxygen atoms in total. The van der Waals surface area contributed by atoms with Crippen molar-refractivity contribution in [2.75, 3.05) is 7.11 Å². The van der Waals surface area contributed by atoms with Crippen molar-refractivity contribution in [1.82, 2.24) is 20.7 Å². The normalized spacial score (nSPS) is 17.7. The highest BCUT2D eigenvalue weighted by Gasteiger charge is 2.35. The van der Waals surface area contributed by atoms with Crippen LogP contribution in [-0.2, 0) is 36.2 Å². The van der Waals surface area contributed by atoms with E-state index < -0.39 is 37.9 Å². The minimum absolute atomic E-state index is 0.0147. The van der Waals surface area contributed by atoms with Crippen LogP contribution < -0.4 is 15.7 Å². The minimum atomic E-state index is -3.94. The summed E-state index contributed by atoms with van der Waals surface area (Å²) in [6.07, 6.45) is 7.46. The summed E-state index contributed by atoms with van der Waals surface area (Å²) < 4.78 is 24.8. The Labute approximate surface area is 282 Å². The Morgan fingerprint density at radius 2 is 1.60 bits per heavy atom. The van der Waals surface area contributed by atoms with Gasteiger partial charge in [0, 0.05) is 18.7 Å². The van der Waals surface area contributed by atoms with Crippen molar-refractivity contribution in [3.8, 4) is 0 Å². The number of thiazole rings is 1. The summed E-state index contributed by atoms with van der Waals surface area (Å²) in [5.74, 6) is -0.427. The molecule has 3 aromatic rings. The molecule has 2 amide bonds. The van der Waals surface area contributed by atoms with E-state index in [0.29, 0.717) is 23.8 Å². The second-order valence-corrected chi connectivity index (χ2v) is 15.5. The predicted octanol–water partition coefficient (Wildman–Crippen LogP) is 6.33. The Hall–Kier alpha value is -2.92. The van der Waals surface area contributed by atoms with Gasteiger partial charge < -0.3 is 20.3 Å². The van der Waals surface area contributed by atoms with Crippen molar-refractivity contribution < 1.29 is 28.3 Å². The fourth-order valence-electron chi connectivity index (χ4n) is 5.97. The van der Waals surface area contributed by atoms with Crippen LogP contribution in [0, 0.1) is 11.8 Å². The maximum atomic E-state index is 14.0. The van der Waals surface area contributed by atoms with Gasteiger partial charge >= 0.3 is 7.75 Å². The van der Waals surface area contributed by atoms with E-state index in [1.54, 1.807) is 6.20 Å². The van der Waals surface area contributed by atoms with Gasteiger partial charge in [0.05, 0.1) is 12.6 Å². The molecule has 5 atom stereocenters. The maximum absolute atomic E-state index is 14.0. The summed E-state index contributed by atoms with van der Waals surface area (Å²) in [6.45, 7) is 3.97. The van der Waals surface area contributed by atoms with Crippen molar-refractivity contribution in [3.63, 3.8) is 0 Å². The van der Waals surface area contributed by atoms with Crippen LogP contribution in [0.25, 0.3) is 0 Å². The van der Waals surface area contributed by atoms with Gasteiger partial charge in [0.25, 0.3) is 0 Å². The number of hydrogen-bond donors (Lipinski definition) is 4. The molecule has 1 heterocycles. The van der Waals surface area contributed by atoms with Crippen LogP contribution in [-0.4, -0.2) is 47.1 Å². The quantitative estimate of drug-likeness (QED) is 0.114. The third kappa shape index (κ3) is 11.9. The average Bonchev–Trinajstić information content (AvgIpc) is 3.63. The summed E-state index contributed by atoms with van der Waals surface area (Å²) in [4.78, 5) is 32.2. The van der Waals surface area contributed by atoms with Gasteiger partial charge in [0.1, 0.15) is 23.2 Å². The molecule has 1 fully saturated rings. The molecule has 1 aliphatic rings. The molecular weight excluding hydrogens is 635 g/mol. The Bertz CT molecular complexity index is 1410. The number of carbonyl (C=O) groups is 2. The molecule has 0 bridgehead atoms. The predicted molar refractivity (Wildman–Crippen MR) is 184 cm³/mol. The highest BCUT2D eigenvalue weighted by Crippen LogP contribution is 2.44. The van der Waals surface area contributed by atoms with E-state index in [1.165, 1.54) is 24.9 Å². The van der Waals surface area contributed by atoms with E-state index in [2.05, 4.69) is 20.7 Å². The lowest BCUT2D eigenvalue weighted by molar-refractivity contribution is -0.131. The van der Waals surface area contributed by atoms with Crippen molar-refractivity contribution in [1.29, 1.82) is 0 Å². The Balaban J connectivity index is 1.52. The molecule has 4 N–H and O–H groups in total. The summed E-state index contributed by atoms with van der Waals surface area (Å²) >= 11 is 1.35. The number of carbonyl (C=O) groups excluding carboxylic acids is 2. The first-order chi connectivity index (χ1) is 22.7. The van der Waals surface area contributed by atoms with E-state index in [9.17, 15) is 19.3 Å². The van der Waals surface area contributed by atoms with Gasteiger partial charge in [-0.25, -0.2) is 14.6 Å². The van der Waals surface area contributed by atoms with Crippen molar-refractivity contribution in [3.05, 3.63) is 88.4 Å². The lowest BCUT2D eigenvalue weighted by Gasteiger charge is -2.31. The minimum Gasteiger partial charge on any atom is -0.384 e. The molecule has 47 heavy (non-hydrogen) atoms. The lowest BCUT2D eigenvalue weighted by Crippen LogP contribution is -2.55. The van der Waals surface area contributed by atoms with Crippen LogP contribution in [0.3, 0.4) is 0 Å². The smallest absolute Gasteiger partial charge is 0.384 e. The Morgan fingerprint density at radius 1 is 0.957 bits per heavy atom. The fourth-order valence-corrected chi connectivity index (χ4v) is 7.86. The molecule has 12 heteroatoms. The van der Waals surface area contributed by atoms with Gasteiger partial charge in [-0.1, -0.05) is 107 Å². The van der Waals surface area contributed by atoms with E-state index in [-0.39, 0.29) is 24.9 Å². The first kappa shape index (κ1) is 36.9. The number of aliphatic hydroxyl groups is 1. The summed E-state index contributed by atoms with van der Waals surface area (Å²) in [5, 5.41) is 22.5. The van der Waals surface area contributed by atoms with Crippen molar-refractivity contribution >= 4 is 30.9 Å². The maximum Gasteiger partial charge on any atom is 0.406 e. The topological polar surface area (TPSA) is 139 Å². The van der Waals surface area contributed by atoms with E-state index >= 15 is 0 Å². The number of aliphatic hydroxyl groups excluding tert-OH is 1. The van der Waals surface area contributed by atoms with Crippen molar-refractivity contribution in [2.45, 2.75) is 96.1 Å². The number of rotatable bonds is 18. The standard InChI is InChI=1S/C35H49N4O6PS/c1-25(2)21-30(33(41)37-29(22-26-13-7-4-8-14-26)32(40)35-36-19-20-47-35)38-34(42)31(23-27-15-9-5-10-16-27)39-46(43,44-3)45-24-28-17-11-6-12-18-28/h5-6,9-12,15-20,25-26,29-32,40H,4,7-8,13-14,21-24H2,1-3H3,(H,37,41)(H,38,42)(H,39,43)/t29-,30-,31-,32+,46?/m0/s1. The molecule has 0 aliphatic heterocycles. The van der Waals surface area contributed by atoms with Gasteiger partial charge in [0.15, 0.2) is 0 Å². The molecular formula is C35H49N4O6PS. The first-order valence-corrected chi connectivity index (χ1v) is 18.9. The van der Waals surface area contributed by atoms with Gasteiger partial charge in [-0.15, -0.1) is 11.3 Å². The summed E-state index contributed by atoms with van der Waals surface area (Å²) in [5.41, 5.74) is 1.63. The highest BCUT2D eigenvalue weighted by atomic mass is 32.1. The molecule has 1 aromatic heterocycles. The van der Waals surface area contributed by atoms with Crippen LogP contribution >= 0.6 is 19.1 Å². The third-order valence-electron chi connectivity index (χ3n) is 8.46. The zero-order valence-corrected chi connectivity index (χ0v) is 29.3. The van der Waals surface area contributed by atoms with Crippen molar-refractivity contribution in [2.24, 2.45) is 11.8 Å². The fraction of sp³-hybridized carbons (Fsp3) is 0.514. The molecule has 0 radical (unpaired) electrons. The van der Waals surface area contributed by atoms with Crippen LogP contribution in [0.5, 0.6) is 0 Å². The second kappa shape index (κ2) is 18.6. The van der Waals surface area contributed by atoms with E-state index in [1.807, 2.05) is 79.9 Å². The number of nitrogens with zero attached hydrogens (tertiary/aromatic N) is 1. The van der Waals surface area contributed by atoms with E-state index in [4.69, 9.17) is 9.05 Å². The number of benzene rings is 2. The summed E-state index contributed by atoms with van der Waals surface area (Å²) in [7, 11) is -2.67. The monoisotopic (exact) mass is 684 g/mol. The van der Waals surface area contributed by atoms with Crippen LogP contribution in [0.4, 0.5) is 0 Å². The molecule has 0 spiro atoms. The number of amides is 2. The average molecular weight is 685 g/mol. The molecule has 4 rings (SSSR count). The summed E-state index contributed by atoms with van der Waals surface area (Å²) in [6, 6.07) is 16.1. The highest BCUT2D eigenvalue weighted by molar-refractivity contribution is 7.51. The third-order valence-corrected chi connectivity index (χ3v) is 10.9. The number of nitrogens with one attached hydrogen (secondary N) is 3. The van der Waals surface area contributed by atoms with Gasteiger partial charge in [0.2, 0.25) is 11.8 Å². The molecule has 1 unspecified atom stereocenters. The van der Waals surface area contributed by atoms with Crippen LogP contribution in [0.15, 0.2) is 72.2 Å².